The Bertz CT molecular complexity index is 968. The number of benzene rings is 1. The van der Waals surface area contributed by atoms with Crippen molar-refractivity contribution in [3.63, 3.8) is 0 Å². The number of para-hydroxylation sites is 1. The zero-order valence-corrected chi connectivity index (χ0v) is 16.5. The molecule has 1 fully saturated rings. The lowest BCUT2D eigenvalue weighted by atomic mass is 10.1. The first kappa shape index (κ1) is 18.5. The summed E-state index contributed by atoms with van der Waals surface area (Å²) in [6, 6.07) is 10.2. The van der Waals surface area contributed by atoms with Gasteiger partial charge >= 0.3 is 6.03 Å². The maximum Gasteiger partial charge on any atom is 0.319 e. The van der Waals surface area contributed by atoms with E-state index in [1.54, 1.807) is 0 Å². The van der Waals surface area contributed by atoms with E-state index in [1.165, 1.54) is 25.7 Å². The van der Waals surface area contributed by atoms with Crippen LogP contribution in [-0.4, -0.2) is 27.1 Å². The van der Waals surface area contributed by atoms with Crippen molar-refractivity contribution in [2.75, 3.05) is 11.9 Å². The second-order valence-electron chi connectivity index (χ2n) is 7.58. The number of hydrogen-bond donors (Lipinski definition) is 2. The van der Waals surface area contributed by atoms with Gasteiger partial charge in [-0.15, -0.1) is 0 Å². The molecule has 146 valence electrons. The van der Waals surface area contributed by atoms with Gasteiger partial charge in [0.05, 0.1) is 0 Å². The Kier molecular flexibility index (Phi) is 5.28. The largest absolute Gasteiger partial charge is 0.337 e. The fourth-order valence-electron chi connectivity index (χ4n) is 4.16. The number of anilines is 1. The van der Waals surface area contributed by atoms with Gasteiger partial charge in [0.2, 0.25) is 0 Å². The third-order valence-electron chi connectivity index (χ3n) is 5.57. The summed E-state index contributed by atoms with van der Waals surface area (Å²) in [5.74, 6) is 1.01. The third-order valence-corrected chi connectivity index (χ3v) is 5.57. The average molecular weight is 377 g/mol. The van der Waals surface area contributed by atoms with E-state index in [2.05, 4.69) is 20.2 Å². The van der Waals surface area contributed by atoms with Gasteiger partial charge < -0.3 is 15.2 Å². The number of carbonyl (C=O) groups excluding carboxylic acids is 1. The number of nitrogens with zero attached hydrogens (tertiary/aromatic N) is 3. The Balaban J connectivity index is 1.44. The number of aromatic nitrogens is 3. The molecule has 0 aliphatic heterocycles. The molecule has 0 saturated heterocycles. The maximum atomic E-state index is 12.4. The highest BCUT2D eigenvalue weighted by atomic mass is 16.2. The van der Waals surface area contributed by atoms with Crippen molar-refractivity contribution in [1.82, 2.24) is 19.9 Å². The molecule has 3 aromatic rings. The third kappa shape index (κ3) is 3.72. The van der Waals surface area contributed by atoms with E-state index in [-0.39, 0.29) is 6.03 Å². The number of amides is 2. The van der Waals surface area contributed by atoms with E-state index in [1.807, 2.05) is 50.4 Å². The van der Waals surface area contributed by atoms with E-state index in [9.17, 15) is 4.79 Å². The van der Waals surface area contributed by atoms with Crippen LogP contribution < -0.4 is 10.6 Å². The number of imidazole rings is 1. The van der Waals surface area contributed by atoms with Crippen molar-refractivity contribution in [2.24, 2.45) is 0 Å². The van der Waals surface area contributed by atoms with Crippen molar-refractivity contribution >= 4 is 22.9 Å². The lowest BCUT2D eigenvalue weighted by molar-refractivity contribution is 0.252. The van der Waals surface area contributed by atoms with Crippen LogP contribution in [0.4, 0.5) is 10.5 Å². The summed E-state index contributed by atoms with van der Waals surface area (Å²) in [7, 11) is 0. The van der Waals surface area contributed by atoms with Crippen LogP contribution in [0.3, 0.4) is 0 Å². The smallest absolute Gasteiger partial charge is 0.319 e. The molecule has 6 heteroatoms. The minimum absolute atomic E-state index is 0.181. The summed E-state index contributed by atoms with van der Waals surface area (Å²) in [5.41, 5.74) is 4.89. The second-order valence-corrected chi connectivity index (χ2v) is 7.58. The van der Waals surface area contributed by atoms with Gasteiger partial charge in [-0.1, -0.05) is 31.0 Å². The quantitative estimate of drug-likeness (QED) is 0.686. The molecule has 0 bridgehead atoms. The molecule has 0 spiro atoms. The highest BCUT2D eigenvalue weighted by molar-refractivity contribution is 5.91. The highest BCUT2D eigenvalue weighted by Crippen LogP contribution is 2.33. The molecule has 2 N–H and O–H groups in total. The van der Waals surface area contributed by atoms with Crippen LogP contribution in [0.5, 0.6) is 0 Å². The monoisotopic (exact) mass is 377 g/mol. The molecule has 0 unspecified atom stereocenters. The van der Waals surface area contributed by atoms with E-state index >= 15 is 0 Å². The number of aryl methyl sites for hydroxylation is 2. The van der Waals surface area contributed by atoms with Crippen LogP contribution in [0, 0.1) is 13.8 Å². The van der Waals surface area contributed by atoms with E-state index < -0.39 is 0 Å². The Hall–Kier alpha value is -2.89. The summed E-state index contributed by atoms with van der Waals surface area (Å²) in [6.07, 6.45) is 7.38. The number of carbonyl (C=O) groups is 1. The van der Waals surface area contributed by atoms with Crippen molar-refractivity contribution in [2.45, 2.75) is 52.0 Å². The van der Waals surface area contributed by atoms with Gasteiger partial charge in [-0.2, -0.15) is 0 Å². The molecule has 1 aliphatic carbocycles. The zero-order valence-electron chi connectivity index (χ0n) is 16.5. The minimum Gasteiger partial charge on any atom is -0.337 e. The number of urea groups is 1. The van der Waals surface area contributed by atoms with Crippen LogP contribution in [0.1, 0.15) is 48.7 Å². The first-order valence-electron chi connectivity index (χ1n) is 10.1. The van der Waals surface area contributed by atoms with E-state index in [0.717, 1.165) is 33.8 Å². The fraction of sp³-hybridized carbons (Fsp3) is 0.409. The Morgan fingerprint density at radius 2 is 1.89 bits per heavy atom. The van der Waals surface area contributed by atoms with Gasteiger partial charge in [0.1, 0.15) is 11.3 Å². The SMILES string of the molecule is Cc1cccc(C)c1NC(=O)NCCc1nc2cccnc2n1C1CCCC1. The average Bonchev–Trinajstić information content (AvgIpc) is 3.32. The Labute approximate surface area is 165 Å². The second kappa shape index (κ2) is 8.00. The first-order valence-corrected chi connectivity index (χ1v) is 10.1. The Morgan fingerprint density at radius 1 is 1.14 bits per heavy atom. The van der Waals surface area contributed by atoms with Crippen molar-refractivity contribution in [3.8, 4) is 0 Å². The lowest BCUT2D eigenvalue weighted by Crippen LogP contribution is -2.31. The van der Waals surface area contributed by atoms with Crippen LogP contribution in [-0.2, 0) is 6.42 Å². The summed E-state index contributed by atoms with van der Waals surface area (Å²) < 4.78 is 2.30. The number of pyridine rings is 1. The summed E-state index contributed by atoms with van der Waals surface area (Å²) in [4.78, 5) is 21.7. The molecule has 0 atom stereocenters. The van der Waals surface area contributed by atoms with Gasteiger partial charge in [-0.05, 0) is 49.9 Å². The number of fused-ring (bicyclic) bond motifs is 1. The standard InChI is InChI=1S/C22H27N5O/c1-15-7-5-8-16(2)20(15)26-22(28)24-14-12-19-25-18-11-6-13-23-21(18)27(19)17-9-3-4-10-17/h5-8,11,13,17H,3-4,9-10,12,14H2,1-2H3,(H2,24,26,28). The van der Waals surface area contributed by atoms with Crippen LogP contribution in [0.2, 0.25) is 0 Å². The van der Waals surface area contributed by atoms with Crippen molar-refractivity contribution < 1.29 is 4.79 Å². The first-order chi connectivity index (χ1) is 13.6. The lowest BCUT2D eigenvalue weighted by Gasteiger charge is -2.16. The molecular formula is C22H27N5O. The summed E-state index contributed by atoms with van der Waals surface area (Å²) in [5, 5.41) is 5.94. The molecular weight excluding hydrogens is 350 g/mol. The minimum atomic E-state index is -0.181. The predicted molar refractivity (Wildman–Crippen MR) is 112 cm³/mol. The van der Waals surface area contributed by atoms with Gasteiger partial charge in [-0.3, -0.25) is 0 Å². The van der Waals surface area contributed by atoms with Crippen molar-refractivity contribution in [3.05, 3.63) is 53.5 Å². The number of nitrogens with one attached hydrogen (secondary N) is 2. The van der Waals surface area contributed by atoms with E-state index in [4.69, 9.17) is 4.98 Å². The van der Waals surface area contributed by atoms with Crippen LogP contribution in [0.15, 0.2) is 36.5 Å². The maximum absolute atomic E-state index is 12.4. The van der Waals surface area contributed by atoms with E-state index in [0.29, 0.717) is 19.0 Å². The molecule has 6 nitrogen and oxygen atoms in total. The molecule has 1 aliphatic rings. The highest BCUT2D eigenvalue weighted by Gasteiger charge is 2.23. The zero-order chi connectivity index (χ0) is 19.5. The van der Waals surface area contributed by atoms with Gasteiger partial charge in [0.15, 0.2) is 5.65 Å². The van der Waals surface area contributed by atoms with Gasteiger partial charge in [-0.25, -0.2) is 14.8 Å². The summed E-state index contributed by atoms with van der Waals surface area (Å²) in [6.45, 7) is 4.53. The van der Waals surface area contributed by atoms with Crippen LogP contribution in [0.25, 0.3) is 11.2 Å². The van der Waals surface area contributed by atoms with Gasteiger partial charge in [0, 0.05) is 30.9 Å². The molecule has 2 amide bonds. The predicted octanol–water partition coefficient (Wildman–Crippen LogP) is 4.53. The fourth-order valence-corrected chi connectivity index (χ4v) is 4.16. The normalized spacial score (nSPS) is 14.5. The van der Waals surface area contributed by atoms with Gasteiger partial charge in [0.25, 0.3) is 0 Å². The summed E-state index contributed by atoms with van der Waals surface area (Å²) >= 11 is 0. The molecule has 28 heavy (non-hydrogen) atoms. The molecule has 4 rings (SSSR count). The van der Waals surface area contributed by atoms with Crippen molar-refractivity contribution in [1.29, 1.82) is 0 Å². The molecule has 2 heterocycles. The number of rotatable bonds is 5. The molecule has 1 saturated carbocycles. The molecule has 0 radical (unpaired) electrons. The topological polar surface area (TPSA) is 71.8 Å². The molecule has 1 aromatic carbocycles. The van der Waals surface area contributed by atoms with Crippen LogP contribution >= 0.6 is 0 Å². The number of hydrogen-bond acceptors (Lipinski definition) is 3. The molecule has 2 aromatic heterocycles. The Morgan fingerprint density at radius 3 is 2.64 bits per heavy atom.